The second kappa shape index (κ2) is 8.41. The van der Waals surface area contributed by atoms with Crippen molar-refractivity contribution in [1.29, 1.82) is 0 Å². The predicted molar refractivity (Wildman–Crippen MR) is 123 cm³/mol. The van der Waals surface area contributed by atoms with Crippen molar-refractivity contribution in [3.63, 3.8) is 0 Å². The summed E-state index contributed by atoms with van der Waals surface area (Å²) in [5.41, 5.74) is 5.61. The first-order valence-electron chi connectivity index (χ1n) is 9.88. The van der Waals surface area contributed by atoms with E-state index in [2.05, 4.69) is 15.3 Å². The van der Waals surface area contributed by atoms with Crippen LogP contribution in [0, 0.1) is 5.82 Å². The second-order valence-corrected chi connectivity index (χ2v) is 8.11. The molecule has 0 bridgehead atoms. The molecule has 0 aliphatic carbocycles. The molecule has 2 aromatic heterocycles. The van der Waals surface area contributed by atoms with Crippen LogP contribution in [0.4, 0.5) is 15.8 Å². The Kier molecular flexibility index (Phi) is 5.30. The van der Waals surface area contributed by atoms with Crippen LogP contribution in [-0.2, 0) is 11.4 Å². The molecule has 0 radical (unpaired) electrons. The number of halogens is 1. The van der Waals surface area contributed by atoms with Gasteiger partial charge in [0, 0.05) is 17.1 Å². The van der Waals surface area contributed by atoms with E-state index in [9.17, 15) is 14.3 Å². The first-order chi connectivity index (χ1) is 15.6. The third-order valence-electron chi connectivity index (χ3n) is 5.06. The molecule has 0 saturated heterocycles. The number of carbonyl (C=O) groups excluding carboxylic acids is 1. The largest absolute Gasteiger partial charge is 0.390 e. The van der Waals surface area contributed by atoms with E-state index >= 15 is 0 Å². The van der Waals surface area contributed by atoms with E-state index < -0.39 is 0 Å². The molecule has 4 aromatic rings. The number of amides is 1. The van der Waals surface area contributed by atoms with E-state index in [1.165, 1.54) is 23.5 Å². The number of nitrogens with zero attached hydrogens (tertiary/aromatic N) is 3. The number of carbonyl (C=O) groups is 1. The Bertz CT molecular complexity index is 1350. The Balaban J connectivity index is 1.51. The van der Waals surface area contributed by atoms with E-state index in [0.717, 1.165) is 16.7 Å². The highest BCUT2D eigenvalue weighted by molar-refractivity contribution is 7.13. The Morgan fingerprint density at radius 3 is 2.62 bits per heavy atom. The maximum Gasteiger partial charge on any atom is 0.230 e. The topological polar surface area (TPSA) is 87.5 Å². The number of nitrogens with one attached hydrogen (secondary N) is 1. The predicted octanol–water partition coefficient (Wildman–Crippen LogP) is 4.97. The Morgan fingerprint density at radius 1 is 1.03 bits per heavy atom. The molecule has 0 spiro atoms. The summed E-state index contributed by atoms with van der Waals surface area (Å²) >= 11 is 1.40. The van der Waals surface area contributed by atoms with Crippen molar-refractivity contribution >= 4 is 34.3 Å². The van der Waals surface area contributed by atoms with Crippen LogP contribution < -0.4 is 5.32 Å². The normalized spacial score (nSPS) is 13.2. The molecule has 1 aliphatic rings. The van der Waals surface area contributed by atoms with Crippen LogP contribution in [0.15, 0.2) is 71.2 Å². The molecule has 3 heterocycles. The quantitative estimate of drug-likeness (QED) is 0.465. The SMILES string of the molecule is O=C1CC(c2ccnc(-c3nc(CO)cs3)c2)=Nc2ccc(-c3ccc(F)cc3)cc2N1. The lowest BCUT2D eigenvalue weighted by molar-refractivity contribution is -0.115. The molecule has 0 atom stereocenters. The van der Waals surface area contributed by atoms with Crippen molar-refractivity contribution in [2.75, 3.05) is 5.32 Å². The Labute approximate surface area is 187 Å². The van der Waals surface area contributed by atoms with Gasteiger partial charge in [-0.1, -0.05) is 18.2 Å². The number of anilines is 1. The molecule has 0 unspecified atom stereocenters. The van der Waals surface area contributed by atoms with Crippen LogP contribution in [0.3, 0.4) is 0 Å². The van der Waals surface area contributed by atoms with Crippen molar-refractivity contribution in [3.05, 3.63) is 83.2 Å². The second-order valence-electron chi connectivity index (χ2n) is 7.25. The van der Waals surface area contributed by atoms with Crippen LogP contribution in [0.1, 0.15) is 17.7 Å². The minimum absolute atomic E-state index is 0.115. The highest BCUT2D eigenvalue weighted by atomic mass is 32.1. The van der Waals surface area contributed by atoms with Gasteiger partial charge in [0.15, 0.2) is 0 Å². The zero-order chi connectivity index (χ0) is 22.1. The van der Waals surface area contributed by atoms with E-state index in [4.69, 9.17) is 4.99 Å². The van der Waals surface area contributed by atoms with Gasteiger partial charge in [-0.3, -0.25) is 14.8 Å². The number of aliphatic hydroxyl groups is 1. The lowest BCUT2D eigenvalue weighted by atomic mass is 10.0. The third kappa shape index (κ3) is 4.05. The van der Waals surface area contributed by atoms with Crippen molar-refractivity contribution in [2.45, 2.75) is 13.0 Å². The average Bonchev–Trinajstić information content (AvgIpc) is 3.23. The number of thiazole rings is 1. The third-order valence-corrected chi connectivity index (χ3v) is 5.97. The standard InChI is InChI=1S/C24H17FN4O2S/c25-17-4-1-14(2-5-17)15-3-6-19-21(9-15)29-23(31)11-20(28-19)16-7-8-26-22(10-16)24-27-18(12-30)13-32-24/h1-10,13,30H,11-12H2,(H,29,31). The van der Waals surface area contributed by atoms with Crippen LogP contribution in [0.5, 0.6) is 0 Å². The molecule has 0 fully saturated rings. The average molecular weight is 444 g/mol. The van der Waals surface area contributed by atoms with Gasteiger partial charge in [0.05, 0.1) is 41.5 Å². The maximum atomic E-state index is 13.2. The molecule has 1 aliphatic heterocycles. The first kappa shape index (κ1) is 20.2. The van der Waals surface area contributed by atoms with Crippen LogP contribution >= 0.6 is 11.3 Å². The minimum atomic E-state index is -0.298. The molecular formula is C24H17FN4O2S. The first-order valence-corrected chi connectivity index (χ1v) is 10.8. The van der Waals surface area contributed by atoms with Crippen LogP contribution in [0.25, 0.3) is 21.8 Å². The molecule has 8 heteroatoms. The fourth-order valence-corrected chi connectivity index (χ4v) is 4.26. The summed E-state index contributed by atoms with van der Waals surface area (Å²) in [6.07, 6.45) is 1.78. The summed E-state index contributed by atoms with van der Waals surface area (Å²) in [4.78, 5) is 26.1. The zero-order valence-electron chi connectivity index (χ0n) is 16.7. The van der Waals surface area contributed by atoms with Crippen molar-refractivity contribution < 1.29 is 14.3 Å². The zero-order valence-corrected chi connectivity index (χ0v) is 17.6. The number of aliphatic imine (C=N–C) groups is 1. The molecule has 2 aromatic carbocycles. The number of aromatic nitrogens is 2. The number of aliphatic hydroxyl groups excluding tert-OH is 1. The van der Waals surface area contributed by atoms with Gasteiger partial charge >= 0.3 is 0 Å². The summed E-state index contributed by atoms with van der Waals surface area (Å²) in [6.45, 7) is -0.125. The summed E-state index contributed by atoms with van der Waals surface area (Å²) in [6, 6.07) is 15.5. The summed E-state index contributed by atoms with van der Waals surface area (Å²) in [7, 11) is 0. The van der Waals surface area contributed by atoms with Gasteiger partial charge in [0.2, 0.25) is 5.91 Å². The molecule has 158 valence electrons. The Hall–Kier alpha value is -3.75. The number of rotatable bonds is 4. The maximum absolute atomic E-state index is 13.2. The molecule has 1 amide bonds. The number of benzene rings is 2. The van der Waals surface area contributed by atoms with E-state index in [-0.39, 0.29) is 24.8 Å². The molecule has 32 heavy (non-hydrogen) atoms. The highest BCUT2D eigenvalue weighted by Crippen LogP contribution is 2.34. The summed E-state index contributed by atoms with van der Waals surface area (Å²) < 4.78 is 13.2. The number of pyridine rings is 1. The van der Waals surface area contributed by atoms with Gasteiger partial charge in [-0.25, -0.2) is 9.37 Å². The number of hydrogen-bond donors (Lipinski definition) is 2. The minimum Gasteiger partial charge on any atom is -0.390 e. The van der Waals surface area contributed by atoms with E-state index in [0.29, 0.717) is 33.5 Å². The van der Waals surface area contributed by atoms with E-state index in [1.807, 2.05) is 30.3 Å². The molecule has 2 N–H and O–H groups in total. The van der Waals surface area contributed by atoms with Crippen molar-refractivity contribution in [1.82, 2.24) is 9.97 Å². The number of fused-ring (bicyclic) bond motifs is 1. The van der Waals surface area contributed by atoms with Gasteiger partial charge in [0.25, 0.3) is 0 Å². The number of hydrogen-bond acceptors (Lipinski definition) is 6. The summed E-state index contributed by atoms with van der Waals surface area (Å²) in [5, 5.41) is 14.7. The molecule has 5 rings (SSSR count). The highest BCUT2D eigenvalue weighted by Gasteiger charge is 2.19. The fourth-order valence-electron chi connectivity index (χ4n) is 3.48. The van der Waals surface area contributed by atoms with E-state index in [1.54, 1.807) is 23.7 Å². The van der Waals surface area contributed by atoms with Gasteiger partial charge < -0.3 is 10.4 Å². The van der Waals surface area contributed by atoms with Crippen LogP contribution in [0.2, 0.25) is 0 Å². The molecular weight excluding hydrogens is 427 g/mol. The lowest BCUT2D eigenvalue weighted by Crippen LogP contribution is -2.15. The van der Waals surface area contributed by atoms with Crippen molar-refractivity contribution in [3.8, 4) is 21.8 Å². The smallest absolute Gasteiger partial charge is 0.230 e. The van der Waals surface area contributed by atoms with Gasteiger partial charge in [-0.15, -0.1) is 11.3 Å². The van der Waals surface area contributed by atoms with Crippen molar-refractivity contribution in [2.24, 2.45) is 4.99 Å². The summed E-state index contributed by atoms with van der Waals surface area (Å²) in [5.74, 6) is -0.470. The van der Waals surface area contributed by atoms with Gasteiger partial charge in [-0.05, 0) is 47.5 Å². The lowest BCUT2D eigenvalue weighted by Gasteiger charge is -2.08. The molecule has 0 saturated carbocycles. The van der Waals surface area contributed by atoms with Crippen LogP contribution in [-0.4, -0.2) is 26.7 Å². The molecule has 6 nitrogen and oxygen atoms in total. The fraction of sp³-hybridized carbons (Fsp3) is 0.0833. The van der Waals surface area contributed by atoms with Gasteiger partial charge in [-0.2, -0.15) is 0 Å². The Morgan fingerprint density at radius 2 is 1.84 bits per heavy atom. The monoisotopic (exact) mass is 444 g/mol. The van der Waals surface area contributed by atoms with Gasteiger partial charge in [0.1, 0.15) is 10.8 Å².